The molecule has 0 radical (unpaired) electrons. The molecule has 0 saturated heterocycles. The third kappa shape index (κ3) is 3.02. The summed E-state index contributed by atoms with van der Waals surface area (Å²) in [6.45, 7) is 7.40. The smallest absolute Gasteiger partial charge is 0.121 e. The first-order chi connectivity index (χ1) is 10.6. The number of aromatic nitrogens is 2. The number of hydrogen-bond acceptors (Lipinski definition) is 3. The van der Waals surface area contributed by atoms with Crippen molar-refractivity contribution >= 4 is 0 Å². The molecule has 0 aliphatic carbocycles. The quantitative estimate of drug-likeness (QED) is 0.942. The van der Waals surface area contributed by atoms with Crippen molar-refractivity contribution in [1.29, 1.82) is 0 Å². The van der Waals surface area contributed by atoms with Crippen LogP contribution in [0.4, 0.5) is 0 Å². The van der Waals surface area contributed by atoms with Gasteiger partial charge in [0.15, 0.2) is 0 Å². The number of ether oxygens (including phenoxy) is 1. The Hall–Kier alpha value is -1.81. The molecule has 1 aliphatic rings. The van der Waals surface area contributed by atoms with E-state index in [9.17, 15) is 0 Å². The highest BCUT2D eigenvalue weighted by atomic mass is 16.5. The molecular formula is C18H25N3O. The van der Waals surface area contributed by atoms with E-state index in [2.05, 4.69) is 60.0 Å². The number of methoxy groups -OCH3 is 1. The van der Waals surface area contributed by atoms with E-state index in [-0.39, 0.29) is 0 Å². The van der Waals surface area contributed by atoms with Crippen LogP contribution in [0.25, 0.3) is 0 Å². The van der Waals surface area contributed by atoms with Gasteiger partial charge in [0, 0.05) is 31.2 Å². The van der Waals surface area contributed by atoms with Crippen molar-refractivity contribution in [2.24, 2.45) is 0 Å². The van der Waals surface area contributed by atoms with Gasteiger partial charge in [0.1, 0.15) is 11.6 Å². The van der Waals surface area contributed by atoms with Crippen LogP contribution in [-0.4, -0.2) is 22.7 Å². The first-order valence-corrected chi connectivity index (χ1v) is 8.00. The lowest BCUT2D eigenvalue weighted by molar-refractivity contribution is 0.351. The number of benzene rings is 1. The summed E-state index contributed by atoms with van der Waals surface area (Å²) < 4.78 is 7.63. The van der Waals surface area contributed by atoms with Crippen molar-refractivity contribution in [1.82, 2.24) is 14.9 Å². The summed E-state index contributed by atoms with van der Waals surface area (Å²) in [5.74, 6) is 2.18. The van der Waals surface area contributed by atoms with E-state index >= 15 is 0 Å². The molecule has 4 heteroatoms. The van der Waals surface area contributed by atoms with Crippen molar-refractivity contribution in [3.8, 4) is 5.75 Å². The topological polar surface area (TPSA) is 39.1 Å². The highest BCUT2D eigenvalue weighted by molar-refractivity contribution is 5.37. The third-order valence-electron chi connectivity index (χ3n) is 4.52. The van der Waals surface area contributed by atoms with E-state index in [0.29, 0.717) is 12.1 Å². The van der Waals surface area contributed by atoms with Crippen LogP contribution in [0.15, 0.2) is 24.4 Å². The van der Waals surface area contributed by atoms with Crippen molar-refractivity contribution in [3.63, 3.8) is 0 Å². The average Bonchev–Trinajstić information content (AvgIpc) is 2.86. The van der Waals surface area contributed by atoms with Crippen LogP contribution in [0, 0.1) is 13.8 Å². The summed E-state index contributed by atoms with van der Waals surface area (Å²) in [5.41, 5.74) is 3.62. The average molecular weight is 299 g/mol. The number of imidazole rings is 1. The molecule has 0 spiro atoms. The van der Waals surface area contributed by atoms with E-state index in [1.165, 1.54) is 17.0 Å². The summed E-state index contributed by atoms with van der Waals surface area (Å²) in [5, 5.41) is 3.76. The van der Waals surface area contributed by atoms with Gasteiger partial charge in [0.05, 0.1) is 12.8 Å². The van der Waals surface area contributed by atoms with E-state index < -0.39 is 0 Å². The molecule has 0 fully saturated rings. The number of hydrogen-bond donors (Lipinski definition) is 1. The molecule has 0 amide bonds. The largest absolute Gasteiger partial charge is 0.496 e. The van der Waals surface area contributed by atoms with Gasteiger partial charge in [-0.05, 0) is 44.4 Å². The Morgan fingerprint density at radius 3 is 2.91 bits per heavy atom. The fourth-order valence-electron chi connectivity index (χ4n) is 3.34. The molecule has 1 N–H and O–H groups in total. The maximum Gasteiger partial charge on any atom is 0.121 e. The minimum absolute atomic E-state index is 0.334. The Bertz CT molecular complexity index is 662. The standard InChI is InChI=1S/C18H25N3O/c1-12-9-15(5-7-17(12)22-4)14(3)20-16-6-8-18-19-13(2)10-21(18)11-16/h5,7,9-10,14,16,20H,6,8,11H2,1-4H3/t14-,16+/m1/s1. The molecule has 4 nitrogen and oxygen atoms in total. The van der Waals surface area contributed by atoms with Crippen LogP contribution in [0.1, 0.15) is 42.0 Å². The number of nitrogens with one attached hydrogen (secondary N) is 1. The molecule has 1 aliphatic heterocycles. The lowest BCUT2D eigenvalue weighted by Gasteiger charge is -2.28. The lowest BCUT2D eigenvalue weighted by atomic mass is 10.0. The van der Waals surface area contributed by atoms with Gasteiger partial charge in [0.25, 0.3) is 0 Å². The summed E-state index contributed by atoms with van der Waals surface area (Å²) in [4.78, 5) is 4.57. The fraction of sp³-hybridized carbons (Fsp3) is 0.500. The van der Waals surface area contributed by atoms with Gasteiger partial charge in [-0.1, -0.05) is 12.1 Å². The summed E-state index contributed by atoms with van der Waals surface area (Å²) in [6, 6.07) is 7.26. The van der Waals surface area contributed by atoms with Crippen molar-refractivity contribution in [2.75, 3.05) is 7.11 Å². The highest BCUT2D eigenvalue weighted by Gasteiger charge is 2.21. The van der Waals surface area contributed by atoms with Gasteiger partial charge in [-0.3, -0.25) is 0 Å². The van der Waals surface area contributed by atoms with Crippen molar-refractivity contribution in [3.05, 3.63) is 47.0 Å². The van der Waals surface area contributed by atoms with E-state index in [4.69, 9.17) is 4.74 Å². The first kappa shape index (κ1) is 15.1. The van der Waals surface area contributed by atoms with Gasteiger partial charge in [-0.2, -0.15) is 0 Å². The Labute approximate surface area is 132 Å². The maximum absolute atomic E-state index is 5.34. The van der Waals surface area contributed by atoms with Crippen molar-refractivity contribution < 1.29 is 4.74 Å². The molecule has 0 bridgehead atoms. The third-order valence-corrected chi connectivity index (χ3v) is 4.52. The molecule has 3 rings (SSSR count). The van der Waals surface area contributed by atoms with Gasteiger partial charge in [-0.25, -0.2) is 4.98 Å². The Morgan fingerprint density at radius 1 is 1.36 bits per heavy atom. The second kappa shape index (κ2) is 6.13. The van der Waals surface area contributed by atoms with Gasteiger partial charge in [0.2, 0.25) is 0 Å². The predicted octanol–water partition coefficient (Wildman–Crippen LogP) is 3.17. The molecule has 1 aromatic carbocycles. The lowest BCUT2D eigenvalue weighted by Crippen LogP contribution is -2.38. The fourth-order valence-corrected chi connectivity index (χ4v) is 3.34. The monoisotopic (exact) mass is 299 g/mol. The predicted molar refractivity (Wildman–Crippen MR) is 88.4 cm³/mol. The second-order valence-electron chi connectivity index (χ2n) is 6.30. The number of aryl methyl sites for hydroxylation is 3. The van der Waals surface area contributed by atoms with Crippen LogP contribution in [0.5, 0.6) is 5.75 Å². The number of nitrogens with zero attached hydrogens (tertiary/aromatic N) is 2. The Kier molecular flexibility index (Phi) is 4.21. The van der Waals surface area contributed by atoms with Crippen molar-refractivity contribution in [2.45, 2.75) is 52.2 Å². The van der Waals surface area contributed by atoms with Crippen LogP contribution in [0.3, 0.4) is 0 Å². The van der Waals surface area contributed by atoms with E-state index in [1.807, 2.05) is 0 Å². The highest BCUT2D eigenvalue weighted by Crippen LogP contribution is 2.24. The number of fused-ring (bicyclic) bond motifs is 1. The van der Waals surface area contributed by atoms with Gasteiger partial charge in [-0.15, -0.1) is 0 Å². The van der Waals surface area contributed by atoms with Crippen LogP contribution < -0.4 is 10.1 Å². The number of rotatable bonds is 4. The maximum atomic E-state index is 5.34. The Morgan fingerprint density at radius 2 is 2.18 bits per heavy atom. The van der Waals surface area contributed by atoms with Crippen LogP contribution in [0.2, 0.25) is 0 Å². The van der Waals surface area contributed by atoms with E-state index in [1.54, 1.807) is 7.11 Å². The zero-order valence-corrected chi connectivity index (χ0v) is 13.9. The molecule has 2 atom stereocenters. The molecular weight excluding hydrogens is 274 g/mol. The summed E-state index contributed by atoms with van der Waals surface area (Å²) in [7, 11) is 1.72. The SMILES string of the molecule is COc1ccc([C@@H](C)N[C@H]2CCc3nc(C)cn3C2)cc1C. The minimum Gasteiger partial charge on any atom is -0.496 e. The molecule has 2 aromatic rings. The Balaban J connectivity index is 1.67. The zero-order chi connectivity index (χ0) is 15.7. The molecule has 0 saturated carbocycles. The van der Waals surface area contributed by atoms with Crippen LogP contribution in [-0.2, 0) is 13.0 Å². The van der Waals surface area contributed by atoms with Gasteiger partial charge >= 0.3 is 0 Å². The minimum atomic E-state index is 0.334. The normalized spacial score (nSPS) is 18.8. The summed E-state index contributed by atoms with van der Waals surface area (Å²) >= 11 is 0. The zero-order valence-electron chi connectivity index (χ0n) is 13.9. The molecule has 0 unspecified atom stereocenters. The first-order valence-electron chi connectivity index (χ1n) is 8.00. The molecule has 1 aromatic heterocycles. The molecule has 22 heavy (non-hydrogen) atoms. The second-order valence-corrected chi connectivity index (χ2v) is 6.30. The van der Waals surface area contributed by atoms with E-state index in [0.717, 1.165) is 30.8 Å². The van der Waals surface area contributed by atoms with Crippen LogP contribution >= 0.6 is 0 Å². The summed E-state index contributed by atoms with van der Waals surface area (Å²) in [6.07, 6.45) is 4.36. The van der Waals surface area contributed by atoms with Gasteiger partial charge < -0.3 is 14.6 Å². The molecule has 118 valence electrons. The molecule has 2 heterocycles.